The van der Waals surface area contributed by atoms with Crippen molar-refractivity contribution in [3.8, 4) is 5.75 Å². The zero-order valence-electron chi connectivity index (χ0n) is 4.98. The number of hydrogen-bond donors (Lipinski definition) is 2. The highest BCUT2D eigenvalue weighted by Crippen LogP contribution is 2.17. The lowest BCUT2D eigenvalue weighted by Crippen LogP contribution is -1.90. The van der Waals surface area contributed by atoms with E-state index in [1.807, 2.05) is 0 Å². The molecule has 2 rings (SSSR count). The van der Waals surface area contributed by atoms with Gasteiger partial charge in [0.05, 0.1) is 6.20 Å². The van der Waals surface area contributed by atoms with Crippen molar-refractivity contribution in [1.29, 1.82) is 0 Å². The van der Waals surface area contributed by atoms with Gasteiger partial charge < -0.3 is 15.4 Å². The maximum absolute atomic E-state index is 8.91. The largest absolute Gasteiger partial charge is 0.506 e. The molecule has 5 heteroatoms. The van der Waals surface area contributed by atoms with Crippen molar-refractivity contribution in [3.63, 3.8) is 0 Å². The number of hydrogen-bond acceptors (Lipinski definition) is 4. The van der Waals surface area contributed by atoms with E-state index in [0.29, 0.717) is 5.71 Å². The highest BCUT2D eigenvalue weighted by atomic mass is 16.5. The second-order valence-electron chi connectivity index (χ2n) is 1.95. The van der Waals surface area contributed by atoms with E-state index in [9.17, 15) is 0 Å². The van der Waals surface area contributed by atoms with Crippen molar-refractivity contribution >= 4 is 11.7 Å². The fourth-order valence-electron chi connectivity index (χ4n) is 0.816. The molecule has 0 atom stereocenters. The summed E-state index contributed by atoms with van der Waals surface area (Å²) in [4.78, 5) is 0. The summed E-state index contributed by atoms with van der Waals surface area (Å²) in [6.07, 6.45) is 1.43. The molecule has 10 heavy (non-hydrogen) atoms. The van der Waals surface area contributed by atoms with Crippen LogP contribution in [-0.4, -0.2) is 14.7 Å². The first-order valence-corrected chi connectivity index (χ1v) is 2.69. The van der Waals surface area contributed by atoms with Gasteiger partial charge in [0.15, 0.2) is 0 Å². The third-order valence-corrected chi connectivity index (χ3v) is 1.25. The lowest BCUT2D eigenvalue weighted by Gasteiger charge is -1.79. The summed E-state index contributed by atoms with van der Waals surface area (Å²) < 4.78 is 6.15. The number of aromatic nitrogens is 2. The normalized spacial score (nSPS) is 10.8. The number of aromatic hydroxyl groups is 1. The quantitative estimate of drug-likeness (QED) is 0.547. The number of rotatable bonds is 0. The third-order valence-electron chi connectivity index (χ3n) is 1.25. The predicted octanol–water partition coefficient (Wildman–Crippen LogP) is 0.215. The van der Waals surface area contributed by atoms with Crippen molar-refractivity contribution in [2.45, 2.75) is 0 Å². The van der Waals surface area contributed by atoms with Crippen LogP contribution in [0, 0.1) is 0 Å². The number of fused-ring (bicyclic) bond motifs is 1. The van der Waals surface area contributed by atoms with E-state index in [1.54, 1.807) is 0 Å². The van der Waals surface area contributed by atoms with Crippen molar-refractivity contribution in [3.05, 3.63) is 12.3 Å². The summed E-state index contributed by atoms with van der Waals surface area (Å²) in [6, 6.07) is 1.43. The summed E-state index contributed by atoms with van der Waals surface area (Å²) in [5, 5.41) is 12.4. The average Bonchev–Trinajstić information content (AvgIpc) is 2.35. The Labute approximate surface area is 55.6 Å². The summed E-state index contributed by atoms with van der Waals surface area (Å²) in [6.45, 7) is 0. The lowest BCUT2D eigenvalue weighted by molar-refractivity contribution is 0.453. The van der Waals surface area contributed by atoms with Crippen molar-refractivity contribution < 1.29 is 9.63 Å². The van der Waals surface area contributed by atoms with Gasteiger partial charge in [-0.25, -0.2) is 4.40 Å². The highest BCUT2D eigenvalue weighted by molar-refractivity contribution is 5.46. The first-order valence-electron chi connectivity index (χ1n) is 2.69. The van der Waals surface area contributed by atoms with Gasteiger partial charge in [0.1, 0.15) is 5.75 Å². The Morgan fingerprint density at radius 1 is 1.70 bits per heavy atom. The highest BCUT2D eigenvalue weighted by Gasteiger charge is 2.04. The molecule has 0 saturated carbocycles. The molecule has 0 unspecified atom stereocenters. The first kappa shape index (κ1) is 5.16. The van der Waals surface area contributed by atoms with Crippen molar-refractivity contribution in [2.24, 2.45) is 0 Å². The Balaban J connectivity index is 2.90. The van der Waals surface area contributed by atoms with Crippen molar-refractivity contribution in [2.75, 3.05) is 5.73 Å². The van der Waals surface area contributed by atoms with Crippen LogP contribution < -0.4 is 5.73 Å². The summed E-state index contributed by atoms with van der Waals surface area (Å²) in [5.41, 5.74) is 5.78. The molecule has 0 amide bonds. The summed E-state index contributed by atoms with van der Waals surface area (Å²) in [5.74, 6) is 0.350. The Morgan fingerprint density at radius 3 is 3.20 bits per heavy atom. The average molecular weight is 139 g/mol. The van der Waals surface area contributed by atoms with E-state index < -0.39 is 0 Å². The van der Waals surface area contributed by atoms with E-state index in [1.165, 1.54) is 16.7 Å². The van der Waals surface area contributed by atoms with Gasteiger partial charge in [-0.3, -0.25) is 0 Å². The van der Waals surface area contributed by atoms with Crippen LogP contribution in [0.25, 0.3) is 5.71 Å². The molecular weight excluding hydrogens is 134 g/mol. The van der Waals surface area contributed by atoms with Crippen LogP contribution >= 0.6 is 0 Å². The lowest BCUT2D eigenvalue weighted by atomic mass is 10.6. The molecule has 0 bridgehead atoms. The van der Waals surface area contributed by atoms with Gasteiger partial charge in [-0.05, 0) is 5.16 Å². The maximum atomic E-state index is 8.91. The van der Waals surface area contributed by atoms with E-state index in [0.717, 1.165) is 0 Å². The predicted molar refractivity (Wildman–Crippen MR) is 33.5 cm³/mol. The van der Waals surface area contributed by atoms with Gasteiger partial charge in [-0.2, -0.15) is 0 Å². The maximum Gasteiger partial charge on any atom is 0.245 e. The second kappa shape index (κ2) is 1.44. The molecule has 0 aliphatic carbocycles. The Hall–Kier alpha value is -1.65. The van der Waals surface area contributed by atoms with Crippen LogP contribution in [0.2, 0.25) is 0 Å². The molecule has 0 radical (unpaired) electrons. The van der Waals surface area contributed by atoms with E-state index >= 15 is 0 Å². The fraction of sp³-hybridized carbons (Fsp3) is 0. The number of nitrogens with two attached hydrogens (primary N) is 1. The van der Waals surface area contributed by atoms with Crippen molar-refractivity contribution in [1.82, 2.24) is 9.56 Å². The van der Waals surface area contributed by atoms with Gasteiger partial charge >= 0.3 is 0 Å². The molecule has 2 aromatic heterocycles. The molecule has 0 aromatic carbocycles. The van der Waals surface area contributed by atoms with Crippen LogP contribution in [0.3, 0.4) is 0 Å². The molecular formula is C5H5N3O2. The SMILES string of the molecule is Nc1noc2cc(O)cn12. The molecule has 0 saturated heterocycles. The first-order chi connectivity index (χ1) is 4.77. The zero-order chi connectivity index (χ0) is 7.14. The number of nitrogens with zero attached hydrogens (tertiary/aromatic N) is 2. The Morgan fingerprint density at radius 2 is 2.50 bits per heavy atom. The van der Waals surface area contributed by atoms with Gasteiger partial charge in [0.25, 0.3) is 0 Å². The Bertz CT molecular complexity index is 362. The molecule has 0 fully saturated rings. The van der Waals surface area contributed by atoms with Crippen LogP contribution in [0.5, 0.6) is 5.75 Å². The molecule has 5 nitrogen and oxygen atoms in total. The molecule has 0 aliphatic heterocycles. The molecule has 3 N–H and O–H groups in total. The molecule has 2 aromatic rings. The molecule has 52 valence electrons. The monoisotopic (exact) mass is 139 g/mol. The Kier molecular flexibility index (Phi) is 0.743. The molecule has 0 spiro atoms. The topological polar surface area (TPSA) is 76.7 Å². The van der Waals surface area contributed by atoms with Gasteiger partial charge in [-0.1, -0.05) is 0 Å². The van der Waals surface area contributed by atoms with E-state index in [2.05, 4.69) is 5.16 Å². The van der Waals surface area contributed by atoms with E-state index in [-0.39, 0.29) is 11.7 Å². The van der Waals surface area contributed by atoms with Gasteiger partial charge in [-0.15, -0.1) is 0 Å². The summed E-state index contributed by atoms with van der Waals surface area (Å²) >= 11 is 0. The fourth-order valence-corrected chi connectivity index (χ4v) is 0.816. The number of nitrogen functional groups attached to an aromatic ring is 1. The van der Waals surface area contributed by atoms with Gasteiger partial charge in [0.2, 0.25) is 11.7 Å². The minimum absolute atomic E-state index is 0.118. The molecule has 2 heterocycles. The smallest absolute Gasteiger partial charge is 0.245 e. The van der Waals surface area contributed by atoms with Crippen LogP contribution in [-0.2, 0) is 0 Å². The third kappa shape index (κ3) is 0.485. The molecule has 0 aliphatic rings. The van der Waals surface area contributed by atoms with Gasteiger partial charge in [0, 0.05) is 6.07 Å². The van der Waals surface area contributed by atoms with Crippen LogP contribution in [0.1, 0.15) is 0 Å². The van der Waals surface area contributed by atoms with Crippen LogP contribution in [0.4, 0.5) is 5.95 Å². The zero-order valence-corrected chi connectivity index (χ0v) is 4.98. The minimum atomic E-state index is 0.118. The standard InChI is InChI=1S/C5H5N3O2/c6-5-7-10-4-1-3(9)2-8(4)5/h1-2,9H,(H2,6,7). The second-order valence-corrected chi connectivity index (χ2v) is 1.95. The number of anilines is 1. The van der Waals surface area contributed by atoms with E-state index in [4.69, 9.17) is 15.4 Å². The summed E-state index contributed by atoms with van der Waals surface area (Å²) in [7, 11) is 0. The van der Waals surface area contributed by atoms with Crippen LogP contribution in [0.15, 0.2) is 16.8 Å². The minimum Gasteiger partial charge on any atom is -0.506 e.